The highest BCUT2D eigenvalue weighted by molar-refractivity contribution is 8.00. The zero-order valence-corrected chi connectivity index (χ0v) is 20.0. The highest BCUT2D eigenvalue weighted by atomic mass is 35.5. The topological polar surface area (TPSA) is 81.9 Å². The summed E-state index contributed by atoms with van der Waals surface area (Å²) in [4.78, 5) is 17.9. The van der Waals surface area contributed by atoms with E-state index in [1.54, 1.807) is 30.6 Å². The van der Waals surface area contributed by atoms with Crippen LogP contribution in [0.2, 0.25) is 5.02 Å². The molecule has 0 spiro atoms. The first-order valence-corrected chi connectivity index (χ1v) is 11.8. The van der Waals surface area contributed by atoms with E-state index >= 15 is 0 Å². The number of rotatable bonds is 7. The Hall–Kier alpha value is -2.88. The van der Waals surface area contributed by atoms with Crippen molar-refractivity contribution < 1.29 is 9.53 Å². The summed E-state index contributed by atoms with van der Waals surface area (Å²) in [5, 5.41) is 14.3. The van der Waals surface area contributed by atoms with Crippen molar-refractivity contribution in [3.63, 3.8) is 0 Å². The van der Waals surface area contributed by atoms with Crippen LogP contribution in [-0.2, 0) is 4.79 Å². The van der Waals surface area contributed by atoms with Gasteiger partial charge in [-0.15, -0.1) is 21.5 Å². The maximum atomic E-state index is 12.8. The third-order valence-electron chi connectivity index (χ3n) is 4.58. The molecule has 10 heteroatoms. The van der Waals surface area contributed by atoms with E-state index in [0.29, 0.717) is 27.6 Å². The second kappa shape index (κ2) is 9.72. The number of hydrogen-bond acceptors (Lipinski definition) is 7. The number of aryl methyl sites for hydroxylation is 1. The molecule has 0 saturated heterocycles. The molecule has 0 aliphatic carbocycles. The van der Waals surface area contributed by atoms with E-state index < -0.39 is 5.25 Å². The number of aromatic nitrogens is 4. The van der Waals surface area contributed by atoms with Gasteiger partial charge in [0.1, 0.15) is 11.6 Å². The van der Waals surface area contributed by atoms with Gasteiger partial charge >= 0.3 is 0 Å². The number of nitrogens with zero attached hydrogens (tertiary/aromatic N) is 4. The van der Waals surface area contributed by atoms with E-state index in [9.17, 15) is 4.79 Å². The van der Waals surface area contributed by atoms with Crippen molar-refractivity contribution in [1.29, 1.82) is 0 Å². The van der Waals surface area contributed by atoms with Gasteiger partial charge in [0, 0.05) is 6.20 Å². The van der Waals surface area contributed by atoms with Crippen molar-refractivity contribution in [3.05, 3.63) is 64.6 Å². The second-order valence-corrected chi connectivity index (χ2v) is 9.60. The van der Waals surface area contributed by atoms with Crippen LogP contribution in [0.3, 0.4) is 0 Å². The Kier molecular flexibility index (Phi) is 6.78. The number of halogens is 1. The van der Waals surface area contributed by atoms with Crippen molar-refractivity contribution in [2.24, 2.45) is 0 Å². The molecule has 1 unspecified atom stereocenters. The van der Waals surface area contributed by atoms with Gasteiger partial charge in [-0.25, -0.2) is 4.98 Å². The van der Waals surface area contributed by atoms with Crippen molar-refractivity contribution in [2.45, 2.75) is 24.3 Å². The zero-order valence-electron chi connectivity index (χ0n) is 17.6. The zero-order chi connectivity index (χ0) is 22.7. The fourth-order valence-corrected chi connectivity index (χ4v) is 4.66. The molecule has 0 aliphatic rings. The summed E-state index contributed by atoms with van der Waals surface area (Å²) >= 11 is 8.75. The number of benzene rings is 1. The van der Waals surface area contributed by atoms with Gasteiger partial charge in [0.2, 0.25) is 5.91 Å². The number of pyridine rings is 1. The number of hydrogen-bond donors (Lipinski definition) is 1. The largest absolute Gasteiger partial charge is 0.495 e. The first kappa shape index (κ1) is 22.3. The van der Waals surface area contributed by atoms with Crippen molar-refractivity contribution in [1.82, 2.24) is 19.7 Å². The van der Waals surface area contributed by atoms with Crippen LogP contribution >= 0.6 is 34.7 Å². The van der Waals surface area contributed by atoms with Crippen LogP contribution in [0.1, 0.15) is 12.5 Å². The van der Waals surface area contributed by atoms with Crippen molar-refractivity contribution >= 4 is 46.4 Å². The van der Waals surface area contributed by atoms with Crippen LogP contribution in [0.5, 0.6) is 5.75 Å². The number of anilines is 1. The quantitative estimate of drug-likeness (QED) is 0.349. The first-order valence-electron chi connectivity index (χ1n) is 9.69. The molecule has 0 aliphatic heterocycles. The minimum absolute atomic E-state index is 0.201. The van der Waals surface area contributed by atoms with Crippen LogP contribution in [0.4, 0.5) is 5.82 Å². The molecular formula is C22H20ClN5O2S2. The van der Waals surface area contributed by atoms with Gasteiger partial charge < -0.3 is 10.1 Å². The van der Waals surface area contributed by atoms with Gasteiger partial charge in [-0.2, -0.15) is 0 Å². The number of amides is 1. The van der Waals surface area contributed by atoms with Gasteiger partial charge in [0.25, 0.3) is 0 Å². The number of nitrogens with one attached hydrogen (secondary N) is 1. The lowest BCUT2D eigenvalue weighted by atomic mass is 10.2. The lowest BCUT2D eigenvalue weighted by Gasteiger charge is -2.16. The summed E-state index contributed by atoms with van der Waals surface area (Å²) in [6.45, 7) is 3.83. The number of methoxy groups -OCH3 is 1. The normalized spacial score (nSPS) is 11.9. The van der Waals surface area contributed by atoms with Gasteiger partial charge in [0.05, 0.1) is 27.9 Å². The molecule has 1 N–H and O–H groups in total. The molecular weight excluding hydrogens is 466 g/mol. The highest BCUT2D eigenvalue weighted by Gasteiger charge is 2.24. The lowest BCUT2D eigenvalue weighted by Crippen LogP contribution is -2.23. The minimum Gasteiger partial charge on any atom is -0.495 e. The molecule has 1 atom stereocenters. The van der Waals surface area contributed by atoms with Gasteiger partial charge in [-0.05, 0) is 55.1 Å². The first-order chi connectivity index (χ1) is 15.5. The predicted molar refractivity (Wildman–Crippen MR) is 129 cm³/mol. The molecule has 3 aromatic heterocycles. The van der Waals surface area contributed by atoms with Crippen LogP contribution in [0.15, 0.2) is 59.2 Å². The summed E-state index contributed by atoms with van der Waals surface area (Å²) in [6, 6.07) is 13.2. The third kappa shape index (κ3) is 4.79. The number of carbonyl (C=O) groups is 1. The average molecular weight is 486 g/mol. The Labute approximate surface area is 198 Å². The van der Waals surface area contributed by atoms with E-state index in [1.165, 1.54) is 18.0 Å². The molecule has 1 amide bonds. The molecule has 164 valence electrons. The highest BCUT2D eigenvalue weighted by Crippen LogP contribution is 2.36. The van der Waals surface area contributed by atoms with E-state index in [2.05, 4.69) is 20.5 Å². The third-order valence-corrected chi connectivity index (χ3v) is 6.71. The van der Waals surface area contributed by atoms with Crippen LogP contribution in [0, 0.1) is 6.92 Å². The average Bonchev–Trinajstić information content (AvgIpc) is 3.45. The van der Waals surface area contributed by atoms with E-state index in [-0.39, 0.29) is 5.91 Å². The maximum Gasteiger partial charge on any atom is 0.238 e. The fourth-order valence-electron chi connectivity index (χ4n) is 2.99. The van der Waals surface area contributed by atoms with Gasteiger partial charge in [0.15, 0.2) is 11.0 Å². The van der Waals surface area contributed by atoms with Crippen LogP contribution in [-0.4, -0.2) is 38.0 Å². The summed E-state index contributed by atoms with van der Waals surface area (Å²) in [5.74, 6) is 1.62. The molecule has 0 bridgehead atoms. The second-order valence-electron chi connectivity index (χ2n) is 6.91. The molecule has 0 saturated carbocycles. The Morgan fingerprint density at radius 1 is 1.25 bits per heavy atom. The Bertz CT molecular complexity index is 1230. The summed E-state index contributed by atoms with van der Waals surface area (Å²) in [7, 11) is 1.63. The summed E-state index contributed by atoms with van der Waals surface area (Å²) in [6.07, 6.45) is 1.49. The summed E-state index contributed by atoms with van der Waals surface area (Å²) in [5.41, 5.74) is 1.89. The molecule has 1 aromatic carbocycles. The number of thiophene rings is 1. The lowest BCUT2D eigenvalue weighted by molar-refractivity contribution is -0.115. The number of carbonyl (C=O) groups excluding carboxylic acids is 1. The maximum absolute atomic E-state index is 12.8. The minimum atomic E-state index is -0.456. The molecule has 0 fully saturated rings. The smallest absolute Gasteiger partial charge is 0.238 e. The van der Waals surface area contributed by atoms with Crippen molar-refractivity contribution in [2.75, 3.05) is 12.4 Å². The number of thioether (sulfide) groups is 1. The molecule has 3 heterocycles. The predicted octanol–water partition coefficient (Wildman–Crippen LogP) is 5.48. The van der Waals surface area contributed by atoms with Gasteiger partial charge in [-0.3, -0.25) is 9.36 Å². The summed E-state index contributed by atoms with van der Waals surface area (Å²) < 4.78 is 7.55. The monoisotopic (exact) mass is 485 g/mol. The van der Waals surface area contributed by atoms with Crippen molar-refractivity contribution in [3.8, 4) is 22.1 Å². The Morgan fingerprint density at radius 2 is 2.09 bits per heavy atom. The molecule has 4 aromatic rings. The van der Waals surface area contributed by atoms with E-state index in [1.807, 2.05) is 54.1 Å². The SMILES string of the molecule is COc1ccc(C)cc1-n1c(SC(C)C(=O)Nc2ccc(Cl)cn2)nnc1-c1cccs1. The molecule has 0 radical (unpaired) electrons. The Morgan fingerprint density at radius 3 is 2.78 bits per heavy atom. The molecule has 4 rings (SSSR count). The van der Waals surface area contributed by atoms with Crippen LogP contribution in [0.25, 0.3) is 16.4 Å². The van der Waals surface area contributed by atoms with Gasteiger partial charge in [-0.1, -0.05) is 35.5 Å². The standard InChI is InChI=1S/C22H20ClN5O2S2/c1-13-6-8-17(30-3)16(11-13)28-20(18-5-4-10-31-18)26-27-22(28)32-14(2)21(29)25-19-9-7-15(23)12-24-19/h4-12,14H,1-3H3,(H,24,25,29). The van der Waals surface area contributed by atoms with E-state index in [0.717, 1.165) is 16.1 Å². The molecule has 32 heavy (non-hydrogen) atoms. The Balaban J connectivity index is 1.68. The fraction of sp³-hybridized carbons (Fsp3) is 0.182. The molecule has 7 nitrogen and oxygen atoms in total. The van der Waals surface area contributed by atoms with Crippen LogP contribution < -0.4 is 10.1 Å². The van der Waals surface area contributed by atoms with E-state index in [4.69, 9.17) is 16.3 Å². The number of ether oxygens (including phenoxy) is 1.